The van der Waals surface area contributed by atoms with E-state index in [9.17, 15) is 0 Å². The third-order valence-corrected chi connectivity index (χ3v) is 3.36. The zero-order chi connectivity index (χ0) is 14.4. The molecule has 0 atom stereocenters. The van der Waals surface area contributed by atoms with Gasteiger partial charge in [-0.2, -0.15) is 0 Å². The van der Waals surface area contributed by atoms with Crippen molar-refractivity contribution in [3.8, 4) is 0 Å². The van der Waals surface area contributed by atoms with Gasteiger partial charge < -0.3 is 0 Å². The molecule has 0 heteroatoms. The Bertz CT molecular complexity index is 385. The fraction of sp³-hybridized carbons (Fsp3) is 0.667. The van der Waals surface area contributed by atoms with Gasteiger partial charge in [0, 0.05) is 0 Å². The van der Waals surface area contributed by atoms with Crippen molar-refractivity contribution in [3.63, 3.8) is 0 Å². The fourth-order valence-corrected chi connectivity index (χ4v) is 2.49. The summed E-state index contributed by atoms with van der Waals surface area (Å²) in [6.07, 6.45) is 0. The smallest absolute Gasteiger partial charge is 0.0126 e. The maximum absolute atomic E-state index is 3.36. The van der Waals surface area contributed by atoms with E-state index in [1.807, 2.05) is 0 Å². The van der Waals surface area contributed by atoms with Gasteiger partial charge in [-0.3, -0.25) is 0 Å². The Morgan fingerprint density at radius 2 is 0.944 bits per heavy atom. The molecule has 0 bridgehead atoms. The van der Waals surface area contributed by atoms with Crippen LogP contribution in [0.2, 0.25) is 0 Å². The van der Waals surface area contributed by atoms with Gasteiger partial charge in [0.25, 0.3) is 0 Å². The van der Waals surface area contributed by atoms with Gasteiger partial charge in [0.15, 0.2) is 0 Å². The molecule has 1 radical (unpaired) electrons. The topological polar surface area (TPSA) is 0 Å². The molecule has 0 spiro atoms. The summed E-state index contributed by atoms with van der Waals surface area (Å²) in [6.45, 7) is 20.7. The van der Waals surface area contributed by atoms with Gasteiger partial charge in [-0.25, -0.2) is 0 Å². The van der Waals surface area contributed by atoms with E-state index in [1.54, 1.807) is 0 Å². The minimum absolute atomic E-state index is 0.167. The molecule has 0 nitrogen and oxygen atoms in total. The highest BCUT2D eigenvalue weighted by Gasteiger charge is 2.30. The van der Waals surface area contributed by atoms with Crippen LogP contribution in [0.3, 0.4) is 0 Å². The summed E-state index contributed by atoms with van der Waals surface area (Å²) in [5.74, 6) is 0. The molecule has 0 aliphatic rings. The SMILES string of the molecule is CC(C)(C)c1c[c]cc(C(C)(C)C)c1C(C)(C)C. The highest BCUT2D eigenvalue weighted by molar-refractivity contribution is 5.46. The first-order chi connectivity index (χ1) is 7.85. The van der Waals surface area contributed by atoms with Gasteiger partial charge in [0.2, 0.25) is 0 Å². The normalized spacial score (nSPS) is 13.8. The van der Waals surface area contributed by atoms with Gasteiger partial charge in [-0.1, -0.05) is 74.4 Å². The van der Waals surface area contributed by atoms with Gasteiger partial charge in [0.05, 0.1) is 0 Å². The molecule has 1 aromatic rings. The molecule has 0 aromatic heterocycles. The average Bonchev–Trinajstić information content (AvgIpc) is 2.12. The molecule has 0 aliphatic heterocycles. The van der Waals surface area contributed by atoms with E-state index in [1.165, 1.54) is 16.7 Å². The molecule has 18 heavy (non-hydrogen) atoms. The second-order valence-electron chi connectivity index (χ2n) is 8.41. The van der Waals surface area contributed by atoms with Gasteiger partial charge >= 0.3 is 0 Å². The molecule has 0 N–H and O–H groups in total. The van der Waals surface area contributed by atoms with E-state index in [2.05, 4.69) is 80.5 Å². The molecule has 101 valence electrons. The third-order valence-electron chi connectivity index (χ3n) is 3.36. The van der Waals surface area contributed by atoms with Gasteiger partial charge in [-0.15, -0.1) is 0 Å². The minimum atomic E-state index is 0.167. The van der Waals surface area contributed by atoms with E-state index in [0.29, 0.717) is 0 Å². The van der Waals surface area contributed by atoms with Crippen molar-refractivity contribution in [2.45, 2.75) is 78.6 Å². The summed E-state index contributed by atoms with van der Waals surface area (Å²) in [7, 11) is 0. The monoisotopic (exact) mass is 245 g/mol. The summed E-state index contributed by atoms with van der Waals surface area (Å²) in [6, 6.07) is 7.71. The summed E-state index contributed by atoms with van der Waals surface area (Å²) in [5.41, 5.74) is 4.87. The lowest BCUT2D eigenvalue weighted by Crippen LogP contribution is -2.27. The first kappa shape index (κ1) is 15.3. The van der Waals surface area contributed by atoms with Crippen molar-refractivity contribution in [2.24, 2.45) is 0 Å². The molecule has 1 rings (SSSR count). The molecule has 0 heterocycles. The second-order valence-corrected chi connectivity index (χ2v) is 8.41. The van der Waals surface area contributed by atoms with Crippen LogP contribution in [0.4, 0.5) is 0 Å². The third kappa shape index (κ3) is 3.16. The van der Waals surface area contributed by atoms with Crippen LogP contribution in [0, 0.1) is 6.07 Å². The lowest BCUT2D eigenvalue weighted by atomic mass is 9.69. The first-order valence-corrected chi connectivity index (χ1v) is 6.90. The van der Waals surface area contributed by atoms with Gasteiger partial charge in [-0.05, 0) is 39.0 Å². The molecule has 0 unspecified atom stereocenters. The zero-order valence-electron chi connectivity index (χ0n) is 13.7. The van der Waals surface area contributed by atoms with E-state index >= 15 is 0 Å². The molecule has 0 saturated heterocycles. The van der Waals surface area contributed by atoms with Crippen molar-refractivity contribution < 1.29 is 0 Å². The van der Waals surface area contributed by atoms with E-state index in [-0.39, 0.29) is 16.2 Å². The molecular weight excluding hydrogens is 216 g/mol. The summed E-state index contributed by atoms with van der Waals surface area (Å²) in [5, 5.41) is 0. The Balaban J connectivity index is 3.68. The molecule has 1 aromatic carbocycles. The molecule has 0 fully saturated rings. The zero-order valence-corrected chi connectivity index (χ0v) is 13.7. The predicted octanol–water partition coefficient (Wildman–Crippen LogP) is 5.38. The van der Waals surface area contributed by atoms with Crippen LogP contribution in [0.25, 0.3) is 0 Å². The Kier molecular flexibility index (Phi) is 3.74. The van der Waals surface area contributed by atoms with Crippen molar-refractivity contribution in [1.29, 1.82) is 0 Å². The van der Waals surface area contributed by atoms with Gasteiger partial charge in [0.1, 0.15) is 0 Å². The summed E-state index contributed by atoms with van der Waals surface area (Å²) >= 11 is 0. The van der Waals surface area contributed by atoms with E-state index in [4.69, 9.17) is 0 Å². The highest BCUT2D eigenvalue weighted by Crippen LogP contribution is 2.40. The van der Waals surface area contributed by atoms with Crippen LogP contribution in [0.1, 0.15) is 79.0 Å². The quantitative estimate of drug-likeness (QED) is 0.575. The standard InChI is InChI=1S/C18H29/c1-16(2,3)13-11-10-12-14(17(4,5)6)15(13)18(7,8)9/h11-12H,1-9H3. The Morgan fingerprint density at radius 1 is 0.611 bits per heavy atom. The number of hydrogen-bond donors (Lipinski definition) is 0. The minimum Gasteiger partial charge on any atom is -0.0561 e. The maximum atomic E-state index is 3.36. The lowest BCUT2D eigenvalue weighted by Gasteiger charge is -2.36. The Morgan fingerprint density at radius 3 is 1.17 bits per heavy atom. The largest absolute Gasteiger partial charge is 0.0561 e. The van der Waals surface area contributed by atoms with Crippen molar-refractivity contribution in [2.75, 3.05) is 0 Å². The molecule has 0 saturated carbocycles. The first-order valence-electron chi connectivity index (χ1n) is 6.90. The number of benzene rings is 1. The fourth-order valence-electron chi connectivity index (χ4n) is 2.49. The van der Waals surface area contributed by atoms with Crippen molar-refractivity contribution in [3.05, 3.63) is 34.9 Å². The molecule has 0 amide bonds. The van der Waals surface area contributed by atoms with Crippen LogP contribution in [0.15, 0.2) is 12.1 Å². The molecule has 0 aliphatic carbocycles. The average molecular weight is 245 g/mol. The van der Waals surface area contributed by atoms with Crippen LogP contribution >= 0.6 is 0 Å². The van der Waals surface area contributed by atoms with Crippen molar-refractivity contribution >= 4 is 0 Å². The summed E-state index contributed by atoms with van der Waals surface area (Å²) < 4.78 is 0. The Labute approximate surface area is 114 Å². The number of rotatable bonds is 0. The van der Waals surface area contributed by atoms with Crippen LogP contribution < -0.4 is 0 Å². The van der Waals surface area contributed by atoms with E-state index < -0.39 is 0 Å². The second kappa shape index (κ2) is 4.40. The highest BCUT2D eigenvalue weighted by atomic mass is 14.3. The lowest BCUT2D eigenvalue weighted by molar-refractivity contribution is 0.497. The maximum Gasteiger partial charge on any atom is -0.0126 e. The van der Waals surface area contributed by atoms with Crippen LogP contribution in [0.5, 0.6) is 0 Å². The predicted molar refractivity (Wildman–Crippen MR) is 81.4 cm³/mol. The number of hydrogen-bond acceptors (Lipinski definition) is 0. The van der Waals surface area contributed by atoms with Crippen molar-refractivity contribution in [1.82, 2.24) is 0 Å². The van der Waals surface area contributed by atoms with E-state index in [0.717, 1.165) is 0 Å². The molecular formula is C18H29. The van der Waals surface area contributed by atoms with Crippen LogP contribution in [-0.4, -0.2) is 0 Å². The Hall–Kier alpha value is -0.780. The van der Waals surface area contributed by atoms with Crippen LogP contribution in [-0.2, 0) is 16.2 Å². The summed E-state index contributed by atoms with van der Waals surface area (Å²) in [4.78, 5) is 0.